The van der Waals surface area contributed by atoms with Gasteiger partial charge in [0.2, 0.25) is 0 Å². The molecule has 48 heavy (non-hydrogen) atoms. The quantitative estimate of drug-likeness (QED) is 0.167. The summed E-state index contributed by atoms with van der Waals surface area (Å²) in [7, 11) is 5.32. The van der Waals surface area contributed by atoms with Gasteiger partial charge in [0.15, 0.2) is 0 Å². The van der Waals surface area contributed by atoms with Gasteiger partial charge in [-0.25, -0.2) is 4.79 Å². The average molecular weight is 700 g/mol. The van der Waals surface area contributed by atoms with Gasteiger partial charge in [0, 0.05) is 76.1 Å². The molecule has 0 amide bonds. The predicted molar refractivity (Wildman–Crippen MR) is 196 cm³/mol. The molecule has 1 aliphatic rings. The van der Waals surface area contributed by atoms with E-state index in [1.807, 2.05) is 41.5 Å². The number of benzene rings is 3. The normalized spacial score (nSPS) is 14.1. The van der Waals surface area contributed by atoms with E-state index in [0.717, 1.165) is 84.1 Å². The zero-order valence-electron chi connectivity index (χ0n) is 27.8. The fourth-order valence-corrected chi connectivity index (χ4v) is 8.86. The first kappa shape index (κ1) is 32.7. The molecule has 0 aliphatic carbocycles. The van der Waals surface area contributed by atoms with E-state index in [1.54, 1.807) is 23.5 Å². The molecule has 11 heteroatoms. The summed E-state index contributed by atoms with van der Waals surface area (Å²) in [6.07, 6.45) is 1.34. The monoisotopic (exact) mass is 699 g/mol. The van der Waals surface area contributed by atoms with Gasteiger partial charge in [-0.1, -0.05) is 41.9 Å². The summed E-state index contributed by atoms with van der Waals surface area (Å²) in [4.78, 5) is 14.5. The molecule has 0 N–H and O–H groups in total. The highest BCUT2D eigenvalue weighted by Crippen LogP contribution is 2.43. The van der Waals surface area contributed by atoms with Gasteiger partial charge in [-0.15, -0.1) is 23.5 Å². The molecule has 8 bridgehead atoms. The number of fused-ring (bicyclic) bond motifs is 8. The maximum Gasteiger partial charge on any atom is 0.354 e. The molecule has 0 saturated carbocycles. The SMILES string of the molecule is CCn1nc2cc1CSc1cc(c3ccccc3c1)OCCCc1c(C(=O)OC)n(C)c3c(c(Cl)ccc13)-c1c(nn(C)c1C)CSC2. The van der Waals surface area contributed by atoms with Gasteiger partial charge in [-0.2, -0.15) is 10.2 Å². The van der Waals surface area contributed by atoms with Crippen molar-refractivity contribution in [2.45, 2.75) is 55.4 Å². The summed E-state index contributed by atoms with van der Waals surface area (Å²) in [5.41, 5.74) is 8.46. The molecule has 0 spiro atoms. The van der Waals surface area contributed by atoms with Crippen molar-refractivity contribution in [1.29, 1.82) is 0 Å². The van der Waals surface area contributed by atoms with Crippen LogP contribution in [0.15, 0.2) is 59.5 Å². The third kappa shape index (κ3) is 5.88. The van der Waals surface area contributed by atoms with Gasteiger partial charge in [-0.3, -0.25) is 9.36 Å². The smallest absolute Gasteiger partial charge is 0.354 e. The third-order valence-corrected chi connectivity index (χ3v) is 11.5. The van der Waals surface area contributed by atoms with E-state index >= 15 is 0 Å². The lowest BCUT2D eigenvalue weighted by Gasteiger charge is -2.13. The molecule has 8 nitrogen and oxygen atoms in total. The molecule has 4 heterocycles. The van der Waals surface area contributed by atoms with Crippen molar-refractivity contribution in [2.75, 3.05) is 13.7 Å². The lowest BCUT2D eigenvalue weighted by molar-refractivity contribution is 0.0589. The Morgan fingerprint density at radius 3 is 2.67 bits per heavy atom. The van der Waals surface area contributed by atoms with Crippen LogP contribution in [0.5, 0.6) is 5.75 Å². The molecule has 248 valence electrons. The van der Waals surface area contributed by atoms with Gasteiger partial charge < -0.3 is 14.0 Å². The number of hydrogen-bond acceptors (Lipinski definition) is 7. The second-order valence-electron chi connectivity index (χ2n) is 12.0. The Morgan fingerprint density at radius 2 is 1.85 bits per heavy atom. The Morgan fingerprint density at radius 1 is 1.02 bits per heavy atom. The van der Waals surface area contributed by atoms with Crippen LogP contribution in [0.4, 0.5) is 0 Å². The van der Waals surface area contributed by atoms with Gasteiger partial charge in [0.1, 0.15) is 11.4 Å². The summed E-state index contributed by atoms with van der Waals surface area (Å²) in [5, 5.41) is 13.7. The summed E-state index contributed by atoms with van der Waals surface area (Å²) >= 11 is 10.6. The zero-order valence-corrected chi connectivity index (χ0v) is 30.2. The fraction of sp³-hybridized carbons (Fsp3) is 0.324. The second-order valence-corrected chi connectivity index (χ2v) is 14.5. The van der Waals surface area contributed by atoms with Crippen LogP contribution < -0.4 is 4.74 Å². The lowest BCUT2D eigenvalue weighted by atomic mass is 9.98. The first-order chi connectivity index (χ1) is 23.3. The minimum absolute atomic E-state index is 0.374. The van der Waals surface area contributed by atoms with E-state index in [0.29, 0.717) is 35.9 Å². The Bertz CT molecular complexity index is 2180. The van der Waals surface area contributed by atoms with Crippen molar-refractivity contribution in [3.8, 4) is 16.9 Å². The average Bonchev–Trinajstić information content (AvgIpc) is 3.71. The predicted octanol–water partition coefficient (Wildman–Crippen LogP) is 8.75. The van der Waals surface area contributed by atoms with Gasteiger partial charge in [0.05, 0.1) is 35.6 Å². The zero-order chi connectivity index (χ0) is 33.5. The van der Waals surface area contributed by atoms with Crippen LogP contribution in [0.2, 0.25) is 5.02 Å². The van der Waals surface area contributed by atoms with Crippen LogP contribution in [0, 0.1) is 6.92 Å². The number of hydrogen-bond donors (Lipinski definition) is 0. The van der Waals surface area contributed by atoms with Crippen LogP contribution in [-0.2, 0) is 49.1 Å². The lowest BCUT2D eigenvalue weighted by Crippen LogP contribution is -2.11. The highest BCUT2D eigenvalue weighted by atomic mass is 35.5. The third-order valence-electron chi connectivity index (χ3n) is 9.16. The molecular weight excluding hydrogens is 662 g/mol. The summed E-state index contributed by atoms with van der Waals surface area (Å²) < 4.78 is 17.8. The van der Waals surface area contributed by atoms with Crippen molar-refractivity contribution in [3.05, 3.63) is 93.7 Å². The van der Waals surface area contributed by atoms with Crippen molar-refractivity contribution in [3.63, 3.8) is 0 Å². The number of aromatic nitrogens is 5. The van der Waals surface area contributed by atoms with Crippen molar-refractivity contribution in [1.82, 2.24) is 24.1 Å². The Kier molecular flexibility index (Phi) is 9.24. The topological polar surface area (TPSA) is 76.1 Å². The van der Waals surface area contributed by atoms with Crippen LogP contribution in [0.25, 0.3) is 32.8 Å². The number of ether oxygens (including phenoxy) is 2. The van der Waals surface area contributed by atoms with Crippen LogP contribution in [0.1, 0.15) is 52.2 Å². The summed E-state index contributed by atoms with van der Waals surface area (Å²) in [6.45, 7) is 5.51. The van der Waals surface area contributed by atoms with E-state index in [9.17, 15) is 4.79 Å². The maximum absolute atomic E-state index is 13.3. The molecule has 0 saturated heterocycles. The summed E-state index contributed by atoms with van der Waals surface area (Å²) in [6, 6.07) is 18.9. The van der Waals surface area contributed by atoms with E-state index < -0.39 is 0 Å². The number of thioether (sulfide) groups is 2. The number of aryl methyl sites for hydroxylation is 4. The van der Waals surface area contributed by atoms with E-state index in [1.165, 1.54) is 12.8 Å². The van der Waals surface area contributed by atoms with Crippen molar-refractivity contribution in [2.24, 2.45) is 14.1 Å². The molecule has 3 aromatic heterocycles. The number of carbonyl (C=O) groups excluding carboxylic acids is 1. The first-order valence-electron chi connectivity index (χ1n) is 16.1. The molecule has 0 radical (unpaired) electrons. The molecule has 7 rings (SSSR count). The van der Waals surface area contributed by atoms with Crippen molar-refractivity contribution >= 4 is 62.8 Å². The molecule has 0 fully saturated rings. The minimum Gasteiger partial charge on any atom is -0.493 e. The molecule has 6 aromatic rings. The molecule has 0 atom stereocenters. The summed E-state index contributed by atoms with van der Waals surface area (Å²) in [5.74, 6) is 2.74. The van der Waals surface area contributed by atoms with Gasteiger partial charge >= 0.3 is 5.97 Å². The minimum atomic E-state index is -0.374. The highest BCUT2D eigenvalue weighted by Gasteiger charge is 2.28. The van der Waals surface area contributed by atoms with Gasteiger partial charge in [-0.05, 0) is 61.9 Å². The molecule has 1 aliphatic heterocycles. The molecule has 3 aromatic carbocycles. The molecule has 0 unspecified atom stereocenters. The number of rotatable bonds is 2. The fourth-order valence-electron chi connectivity index (χ4n) is 6.82. The number of methoxy groups -OCH3 is 1. The Labute approximate surface area is 293 Å². The maximum atomic E-state index is 13.3. The number of esters is 1. The van der Waals surface area contributed by atoms with E-state index in [4.69, 9.17) is 31.3 Å². The standard InChI is InChI=1S/C37H38ClN5O3S2/c1-6-43-25-17-24(39-43)19-47-21-31-33(22(2)42(4)40-31)34-30(38)14-13-29-28(36(37(44)45-5)41(3)35(29)34)12-9-15-46-32-18-26(48-20-25)16-23-10-7-8-11-27(23)32/h7-8,10-11,13-14,16-18H,6,9,12,15,19-21H2,1-5H3. The van der Waals surface area contributed by atoms with Crippen LogP contribution in [-0.4, -0.2) is 43.8 Å². The van der Waals surface area contributed by atoms with Gasteiger partial charge in [0.25, 0.3) is 0 Å². The first-order valence-corrected chi connectivity index (χ1v) is 18.6. The Balaban J connectivity index is 1.37. The second kappa shape index (κ2) is 13.6. The molecular formula is C37H38ClN5O3S2. The highest BCUT2D eigenvalue weighted by molar-refractivity contribution is 7.98. The van der Waals surface area contributed by atoms with Crippen molar-refractivity contribution < 1.29 is 14.3 Å². The van der Waals surface area contributed by atoms with Crippen LogP contribution in [0.3, 0.4) is 0 Å². The largest absolute Gasteiger partial charge is 0.493 e. The number of halogens is 1. The number of nitrogens with zero attached hydrogens (tertiary/aromatic N) is 5. The number of carbonyl (C=O) groups is 1. The Hall–Kier alpha value is -3.86. The van der Waals surface area contributed by atoms with E-state index in [-0.39, 0.29) is 5.97 Å². The van der Waals surface area contributed by atoms with Crippen LogP contribution >= 0.6 is 35.1 Å². The van der Waals surface area contributed by atoms with E-state index in [2.05, 4.69) is 54.9 Å².